The van der Waals surface area contributed by atoms with Crippen molar-refractivity contribution in [1.82, 2.24) is 4.90 Å². The molecule has 0 N–H and O–H groups in total. The minimum atomic E-state index is -0.00248. The van der Waals surface area contributed by atoms with Crippen LogP contribution in [0.25, 0.3) is 0 Å². The van der Waals surface area contributed by atoms with E-state index in [0.717, 1.165) is 6.54 Å². The fourth-order valence-corrected chi connectivity index (χ4v) is 5.68. The molecular weight excluding hydrogens is 358 g/mol. The van der Waals surface area contributed by atoms with Crippen molar-refractivity contribution in [2.75, 3.05) is 6.61 Å². The molecule has 0 amide bonds. The zero-order valence-electron chi connectivity index (χ0n) is 17.7. The number of rotatable bonds is 7. The molecule has 3 fully saturated rings. The molecule has 29 heavy (non-hydrogen) atoms. The van der Waals surface area contributed by atoms with Gasteiger partial charge in [-0.2, -0.15) is 0 Å². The number of carbonyl (C=O) groups is 1. The summed E-state index contributed by atoms with van der Waals surface area (Å²) in [6, 6.07) is 21.9. The minimum absolute atomic E-state index is 0.00248. The second-order valence-electron chi connectivity index (χ2n) is 8.69. The molecule has 5 rings (SSSR count). The van der Waals surface area contributed by atoms with Crippen molar-refractivity contribution < 1.29 is 9.53 Å². The van der Waals surface area contributed by atoms with Crippen LogP contribution in [0.15, 0.2) is 60.7 Å². The topological polar surface area (TPSA) is 29.5 Å². The highest BCUT2D eigenvalue weighted by atomic mass is 16.5. The third-order valence-electron chi connectivity index (χ3n) is 7.10. The van der Waals surface area contributed by atoms with E-state index in [-0.39, 0.29) is 24.0 Å². The summed E-state index contributed by atoms with van der Waals surface area (Å²) >= 11 is 0. The van der Waals surface area contributed by atoms with E-state index in [4.69, 9.17) is 4.74 Å². The highest BCUT2D eigenvalue weighted by molar-refractivity contribution is 5.74. The number of carbonyl (C=O) groups excluding carboxylic acids is 1. The van der Waals surface area contributed by atoms with E-state index >= 15 is 0 Å². The average Bonchev–Trinajstić information content (AvgIpc) is 2.78. The smallest absolute Gasteiger partial charge is 0.310 e. The van der Waals surface area contributed by atoms with Crippen LogP contribution in [0.2, 0.25) is 0 Å². The van der Waals surface area contributed by atoms with Crippen molar-refractivity contribution in [2.24, 2.45) is 17.8 Å². The molecule has 2 bridgehead atoms. The molecule has 3 aliphatic carbocycles. The van der Waals surface area contributed by atoms with Gasteiger partial charge in [-0.15, -0.1) is 0 Å². The van der Waals surface area contributed by atoms with Crippen molar-refractivity contribution in [2.45, 2.75) is 58.2 Å². The first-order valence-corrected chi connectivity index (χ1v) is 11.2. The summed E-state index contributed by atoms with van der Waals surface area (Å²) < 4.78 is 5.58. The van der Waals surface area contributed by atoms with Gasteiger partial charge >= 0.3 is 5.97 Å². The molecule has 3 atom stereocenters. The summed E-state index contributed by atoms with van der Waals surface area (Å²) in [5.74, 6) is 1.05. The van der Waals surface area contributed by atoms with Gasteiger partial charge in [-0.05, 0) is 62.5 Å². The molecule has 2 unspecified atom stereocenters. The first kappa shape index (κ1) is 20.2. The summed E-state index contributed by atoms with van der Waals surface area (Å²) in [6.45, 7) is 5.54. The van der Waals surface area contributed by atoms with Crippen LogP contribution in [0.3, 0.4) is 0 Å². The van der Waals surface area contributed by atoms with Gasteiger partial charge in [-0.1, -0.05) is 60.7 Å². The average molecular weight is 392 g/mol. The van der Waals surface area contributed by atoms with Crippen molar-refractivity contribution in [3.8, 4) is 0 Å². The number of hydrogen-bond acceptors (Lipinski definition) is 3. The zero-order valence-corrected chi connectivity index (χ0v) is 17.7. The van der Waals surface area contributed by atoms with Crippen molar-refractivity contribution in [1.29, 1.82) is 0 Å². The number of fused-ring (bicyclic) bond motifs is 3. The van der Waals surface area contributed by atoms with Crippen molar-refractivity contribution in [3.05, 3.63) is 71.8 Å². The summed E-state index contributed by atoms with van der Waals surface area (Å²) in [6.07, 6.45) is 4.81. The SMILES string of the molecule is CCOC(=O)C1C2CCC(CC2)C1N(Cc1ccccc1)[C@@H](C)c1ccccc1. The Kier molecular flexibility index (Phi) is 6.34. The van der Waals surface area contributed by atoms with Crippen LogP contribution in [0.5, 0.6) is 0 Å². The van der Waals surface area contributed by atoms with E-state index in [1.165, 1.54) is 36.8 Å². The van der Waals surface area contributed by atoms with E-state index < -0.39 is 0 Å². The van der Waals surface area contributed by atoms with Crippen molar-refractivity contribution >= 4 is 5.97 Å². The van der Waals surface area contributed by atoms with Gasteiger partial charge in [0.2, 0.25) is 0 Å². The molecule has 0 spiro atoms. The summed E-state index contributed by atoms with van der Waals surface area (Å²) in [5.41, 5.74) is 2.62. The summed E-state index contributed by atoms with van der Waals surface area (Å²) in [5, 5.41) is 0. The highest BCUT2D eigenvalue weighted by Gasteiger charge is 2.50. The lowest BCUT2D eigenvalue weighted by Gasteiger charge is -2.53. The molecule has 0 aliphatic heterocycles. The van der Waals surface area contributed by atoms with Gasteiger partial charge in [0.25, 0.3) is 0 Å². The van der Waals surface area contributed by atoms with Crippen LogP contribution in [-0.2, 0) is 16.1 Å². The Morgan fingerprint density at radius 1 is 0.966 bits per heavy atom. The maximum Gasteiger partial charge on any atom is 0.310 e. The summed E-state index contributed by atoms with van der Waals surface area (Å²) in [7, 11) is 0. The Morgan fingerprint density at radius 2 is 1.55 bits per heavy atom. The van der Waals surface area contributed by atoms with Gasteiger partial charge in [0.05, 0.1) is 12.5 Å². The van der Waals surface area contributed by atoms with Crippen LogP contribution in [0.1, 0.15) is 56.7 Å². The predicted octanol–water partition coefficient (Wildman–Crippen LogP) is 5.62. The molecule has 154 valence electrons. The molecule has 0 heterocycles. The van der Waals surface area contributed by atoms with E-state index in [0.29, 0.717) is 18.4 Å². The second-order valence-corrected chi connectivity index (χ2v) is 8.69. The van der Waals surface area contributed by atoms with Crippen LogP contribution in [-0.4, -0.2) is 23.5 Å². The van der Waals surface area contributed by atoms with Crippen LogP contribution >= 0.6 is 0 Å². The van der Waals surface area contributed by atoms with Crippen molar-refractivity contribution in [3.63, 3.8) is 0 Å². The lowest BCUT2D eigenvalue weighted by molar-refractivity contribution is -0.162. The highest BCUT2D eigenvalue weighted by Crippen LogP contribution is 2.49. The molecule has 2 aromatic carbocycles. The van der Waals surface area contributed by atoms with Gasteiger partial charge in [0, 0.05) is 18.6 Å². The number of hydrogen-bond donors (Lipinski definition) is 0. The molecule has 0 aromatic heterocycles. The Bertz CT molecular complexity index is 783. The van der Waals surface area contributed by atoms with Gasteiger partial charge in [0.15, 0.2) is 0 Å². The lowest BCUT2D eigenvalue weighted by Crippen LogP contribution is -2.56. The molecule has 3 nitrogen and oxygen atoms in total. The number of nitrogens with zero attached hydrogens (tertiary/aromatic N) is 1. The van der Waals surface area contributed by atoms with E-state index in [1.54, 1.807) is 0 Å². The molecule has 3 aliphatic rings. The lowest BCUT2D eigenvalue weighted by atomic mass is 9.61. The Hall–Kier alpha value is -2.13. The van der Waals surface area contributed by atoms with Gasteiger partial charge in [-0.3, -0.25) is 9.69 Å². The van der Waals surface area contributed by atoms with Gasteiger partial charge in [-0.25, -0.2) is 0 Å². The van der Waals surface area contributed by atoms with Crippen LogP contribution < -0.4 is 0 Å². The van der Waals surface area contributed by atoms with E-state index in [9.17, 15) is 4.79 Å². The first-order chi connectivity index (χ1) is 14.2. The molecule has 3 heteroatoms. The quantitative estimate of drug-likeness (QED) is 0.574. The van der Waals surface area contributed by atoms with Gasteiger partial charge in [0.1, 0.15) is 0 Å². The maximum absolute atomic E-state index is 13.1. The molecule has 2 aromatic rings. The Balaban J connectivity index is 1.70. The maximum atomic E-state index is 13.1. The third-order valence-corrected chi connectivity index (χ3v) is 7.10. The minimum Gasteiger partial charge on any atom is -0.466 e. The summed E-state index contributed by atoms with van der Waals surface area (Å²) in [4.78, 5) is 15.7. The standard InChI is InChI=1S/C26H33NO2/c1-3-29-26(28)24-22-14-16-23(17-15-22)25(24)27(18-20-10-6-4-7-11-20)19(2)21-12-8-5-9-13-21/h4-13,19,22-25H,3,14-18H2,1-2H3/t19-,22?,23?,24?,25?/m0/s1. The molecular formula is C26H33NO2. The largest absolute Gasteiger partial charge is 0.466 e. The fourth-order valence-electron chi connectivity index (χ4n) is 5.68. The second kappa shape index (κ2) is 9.13. The normalized spacial score (nSPS) is 27.0. The third kappa shape index (κ3) is 4.25. The van der Waals surface area contributed by atoms with E-state index in [1.807, 2.05) is 6.92 Å². The number of benzene rings is 2. The molecule has 3 saturated carbocycles. The molecule has 0 radical (unpaired) electrons. The van der Waals surface area contributed by atoms with Gasteiger partial charge < -0.3 is 4.74 Å². The predicted molar refractivity (Wildman–Crippen MR) is 116 cm³/mol. The van der Waals surface area contributed by atoms with Crippen LogP contribution in [0.4, 0.5) is 0 Å². The fraction of sp³-hybridized carbons (Fsp3) is 0.500. The van der Waals surface area contributed by atoms with Crippen LogP contribution in [0, 0.1) is 17.8 Å². The Labute approximate surface area is 175 Å². The van der Waals surface area contributed by atoms with E-state index in [2.05, 4.69) is 72.5 Å². The monoisotopic (exact) mass is 391 g/mol. The number of ether oxygens (including phenoxy) is 1. The first-order valence-electron chi connectivity index (χ1n) is 11.2. The number of esters is 1. The molecule has 0 saturated heterocycles. The Morgan fingerprint density at radius 3 is 2.17 bits per heavy atom. The zero-order chi connectivity index (χ0) is 20.2.